The van der Waals surface area contributed by atoms with Crippen molar-refractivity contribution in [3.8, 4) is 34.5 Å². The Balaban J connectivity index is 1.98. The maximum absolute atomic E-state index is 12.7. The third kappa shape index (κ3) is 3.08. The maximum Gasteiger partial charge on any atom is 0.231 e. The van der Waals surface area contributed by atoms with E-state index in [2.05, 4.69) is 0 Å². The predicted octanol–water partition coefficient (Wildman–Crippen LogP) is 2.88. The van der Waals surface area contributed by atoms with E-state index in [-0.39, 0.29) is 12.6 Å². The van der Waals surface area contributed by atoms with Crippen LogP contribution in [0.4, 0.5) is 0 Å². The van der Waals surface area contributed by atoms with Gasteiger partial charge in [0.2, 0.25) is 18.3 Å². The zero-order chi connectivity index (χ0) is 21.6. The molecule has 0 saturated carbocycles. The van der Waals surface area contributed by atoms with E-state index < -0.39 is 17.6 Å². The maximum atomic E-state index is 12.7. The highest BCUT2D eigenvalue weighted by Crippen LogP contribution is 2.53. The fourth-order valence-corrected chi connectivity index (χ4v) is 4.31. The van der Waals surface area contributed by atoms with E-state index in [0.29, 0.717) is 45.6 Å². The molecular formula is C22H24O8. The molecule has 1 unspecified atom stereocenters. The molecule has 0 saturated heterocycles. The lowest BCUT2D eigenvalue weighted by atomic mass is 9.72. The molecule has 0 radical (unpaired) electrons. The first kappa shape index (κ1) is 20.2. The van der Waals surface area contributed by atoms with Crippen LogP contribution >= 0.6 is 0 Å². The van der Waals surface area contributed by atoms with Crippen LogP contribution in [-0.4, -0.2) is 44.8 Å². The van der Waals surface area contributed by atoms with Crippen LogP contribution in [0.2, 0.25) is 0 Å². The van der Waals surface area contributed by atoms with Crippen LogP contribution in [0.1, 0.15) is 30.9 Å². The standard InChI is InChI=1S/C22H24O8/c1-11(23)20-19(12-6-17(25-3)21(27-5)18(7-12)26-4)13-8-15-16(29-10-28-15)9-14(13)30-22(20,2)24/h6-9,19-20,24H,10H2,1-5H3/t19-,20+,22?/m1/s1. The van der Waals surface area contributed by atoms with Gasteiger partial charge in [0, 0.05) is 24.5 Å². The molecule has 1 N–H and O–H groups in total. The number of carbonyl (C=O) groups is 1. The molecule has 0 spiro atoms. The van der Waals surface area contributed by atoms with Crippen molar-refractivity contribution in [2.75, 3.05) is 28.1 Å². The first-order chi connectivity index (χ1) is 14.3. The van der Waals surface area contributed by atoms with Crippen LogP contribution in [-0.2, 0) is 4.79 Å². The average molecular weight is 416 g/mol. The van der Waals surface area contributed by atoms with Gasteiger partial charge in [-0.05, 0) is 30.7 Å². The summed E-state index contributed by atoms with van der Waals surface area (Å²) >= 11 is 0. The lowest BCUT2D eigenvalue weighted by Gasteiger charge is -2.42. The number of ketones is 1. The van der Waals surface area contributed by atoms with Gasteiger partial charge in [0.05, 0.1) is 27.2 Å². The molecule has 30 heavy (non-hydrogen) atoms. The number of aliphatic hydroxyl groups is 1. The van der Waals surface area contributed by atoms with E-state index in [9.17, 15) is 9.90 Å². The van der Waals surface area contributed by atoms with Crippen LogP contribution in [0.15, 0.2) is 24.3 Å². The zero-order valence-corrected chi connectivity index (χ0v) is 17.5. The molecule has 160 valence electrons. The highest BCUT2D eigenvalue weighted by atomic mass is 16.7. The number of rotatable bonds is 5. The molecule has 0 aliphatic carbocycles. The van der Waals surface area contributed by atoms with Crippen molar-refractivity contribution in [2.45, 2.75) is 25.6 Å². The second-order valence-corrected chi connectivity index (χ2v) is 7.42. The summed E-state index contributed by atoms with van der Waals surface area (Å²) < 4.78 is 33.2. The van der Waals surface area contributed by atoms with Crippen molar-refractivity contribution in [1.82, 2.24) is 0 Å². The van der Waals surface area contributed by atoms with Crippen molar-refractivity contribution in [1.29, 1.82) is 0 Å². The Morgan fingerprint density at radius 1 is 1.00 bits per heavy atom. The second-order valence-electron chi connectivity index (χ2n) is 7.42. The molecule has 2 aromatic carbocycles. The van der Waals surface area contributed by atoms with Gasteiger partial charge in [-0.25, -0.2) is 0 Å². The van der Waals surface area contributed by atoms with E-state index in [1.807, 2.05) is 0 Å². The summed E-state index contributed by atoms with van der Waals surface area (Å²) in [6.45, 7) is 3.02. The van der Waals surface area contributed by atoms with Crippen molar-refractivity contribution < 1.29 is 38.3 Å². The largest absolute Gasteiger partial charge is 0.493 e. The van der Waals surface area contributed by atoms with Gasteiger partial charge in [0.1, 0.15) is 11.5 Å². The van der Waals surface area contributed by atoms with Crippen molar-refractivity contribution in [2.24, 2.45) is 5.92 Å². The summed E-state index contributed by atoms with van der Waals surface area (Å²) in [6.07, 6.45) is 0. The molecular weight excluding hydrogens is 392 g/mol. The molecule has 2 heterocycles. The molecule has 2 aliphatic heterocycles. The quantitative estimate of drug-likeness (QED) is 0.796. The zero-order valence-electron chi connectivity index (χ0n) is 17.5. The van der Waals surface area contributed by atoms with Gasteiger partial charge in [-0.15, -0.1) is 0 Å². The molecule has 3 atom stereocenters. The molecule has 0 fully saturated rings. The van der Waals surface area contributed by atoms with Crippen LogP contribution in [0.25, 0.3) is 0 Å². The van der Waals surface area contributed by atoms with E-state index >= 15 is 0 Å². The Morgan fingerprint density at radius 2 is 1.60 bits per heavy atom. The number of Topliss-reactive ketones (excluding diaryl/α,β-unsaturated/α-hetero) is 1. The van der Waals surface area contributed by atoms with Crippen LogP contribution in [0.5, 0.6) is 34.5 Å². The minimum atomic E-state index is -1.74. The van der Waals surface area contributed by atoms with Crippen molar-refractivity contribution >= 4 is 5.78 Å². The first-order valence-electron chi connectivity index (χ1n) is 9.46. The Labute approximate surface area is 174 Å². The fourth-order valence-electron chi connectivity index (χ4n) is 4.31. The molecule has 4 rings (SSSR count). The van der Waals surface area contributed by atoms with Gasteiger partial charge >= 0.3 is 0 Å². The highest BCUT2D eigenvalue weighted by Gasteiger charge is 2.50. The minimum Gasteiger partial charge on any atom is -0.493 e. The Hall–Kier alpha value is -3.13. The van der Waals surface area contributed by atoms with E-state index in [0.717, 1.165) is 0 Å². The summed E-state index contributed by atoms with van der Waals surface area (Å²) in [7, 11) is 4.57. The number of fused-ring (bicyclic) bond motifs is 2. The highest BCUT2D eigenvalue weighted by molar-refractivity contribution is 5.82. The van der Waals surface area contributed by atoms with Gasteiger partial charge in [0.15, 0.2) is 23.0 Å². The number of methoxy groups -OCH3 is 3. The first-order valence-corrected chi connectivity index (χ1v) is 9.46. The molecule has 2 aromatic rings. The SMILES string of the molecule is COc1cc([C@@H]2c3cc4c(cc3OC(C)(O)[C@H]2C(C)=O)OCO4)cc(OC)c1OC. The molecule has 0 aromatic heterocycles. The minimum absolute atomic E-state index is 0.0968. The van der Waals surface area contributed by atoms with Crippen molar-refractivity contribution in [3.63, 3.8) is 0 Å². The van der Waals surface area contributed by atoms with Crippen molar-refractivity contribution in [3.05, 3.63) is 35.4 Å². The predicted molar refractivity (Wildman–Crippen MR) is 106 cm³/mol. The van der Waals surface area contributed by atoms with Gasteiger partial charge in [-0.3, -0.25) is 4.79 Å². The van der Waals surface area contributed by atoms with Crippen LogP contribution < -0.4 is 28.4 Å². The summed E-state index contributed by atoms with van der Waals surface area (Å²) in [6, 6.07) is 7.01. The van der Waals surface area contributed by atoms with Crippen LogP contribution in [0, 0.1) is 5.92 Å². The summed E-state index contributed by atoms with van der Waals surface area (Å²) in [5.41, 5.74) is 1.40. The Bertz CT molecular complexity index is 972. The Kier molecular flexibility index (Phi) is 4.89. The molecule has 8 heteroatoms. The summed E-state index contributed by atoms with van der Waals surface area (Å²) in [5.74, 6) is -0.566. The topological polar surface area (TPSA) is 92.7 Å². The fraction of sp³-hybridized carbons (Fsp3) is 0.409. The third-order valence-corrected chi connectivity index (χ3v) is 5.55. The second kappa shape index (κ2) is 7.28. The number of ether oxygens (including phenoxy) is 6. The molecule has 2 aliphatic rings. The normalized spacial score (nSPS) is 23.9. The monoisotopic (exact) mass is 416 g/mol. The molecule has 0 bridgehead atoms. The number of hydrogen-bond acceptors (Lipinski definition) is 8. The number of benzene rings is 2. The van der Waals surface area contributed by atoms with Gasteiger partial charge in [0.25, 0.3) is 0 Å². The lowest BCUT2D eigenvalue weighted by Crippen LogP contribution is -2.50. The van der Waals surface area contributed by atoms with E-state index in [1.54, 1.807) is 24.3 Å². The van der Waals surface area contributed by atoms with E-state index in [1.165, 1.54) is 35.2 Å². The number of hydrogen-bond donors (Lipinski definition) is 1. The Morgan fingerprint density at radius 3 is 2.13 bits per heavy atom. The average Bonchev–Trinajstić information content (AvgIpc) is 3.16. The molecule has 8 nitrogen and oxygen atoms in total. The lowest BCUT2D eigenvalue weighted by molar-refractivity contribution is -0.181. The van der Waals surface area contributed by atoms with Gasteiger partial charge in [-0.1, -0.05) is 0 Å². The summed E-state index contributed by atoms with van der Waals surface area (Å²) in [5, 5.41) is 11.1. The van der Waals surface area contributed by atoms with Crippen LogP contribution in [0.3, 0.4) is 0 Å². The van der Waals surface area contributed by atoms with Gasteiger partial charge < -0.3 is 33.5 Å². The van der Waals surface area contributed by atoms with Gasteiger partial charge in [-0.2, -0.15) is 0 Å². The molecule has 0 amide bonds. The summed E-state index contributed by atoms with van der Waals surface area (Å²) in [4.78, 5) is 12.7. The smallest absolute Gasteiger partial charge is 0.231 e. The third-order valence-electron chi connectivity index (χ3n) is 5.55. The van der Waals surface area contributed by atoms with E-state index in [4.69, 9.17) is 28.4 Å². The number of carbonyl (C=O) groups excluding carboxylic acids is 1.